The molecule has 0 aliphatic carbocycles. The fraction of sp³-hybridized carbons (Fsp3) is 0.120. The van der Waals surface area contributed by atoms with Gasteiger partial charge in [0.2, 0.25) is 0 Å². The number of halogens is 1. The van der Waals surface area contributed by atoms with E-state index in [0.717, 1.165) is 16.5 Å². The van der Waals surface area contributed by atoms with Gasteiger partial charge >= 0.3 is 0 Å². The lowest BCUT2D eigenvalue weighted by molar-refractivity contribution is 0.0981. The van der Waals surface area contributed by atoms with Gasteiger partial charge in [-0.3, -0.25) is 9.59 Å². The van der Waals surface area contributed by atoms with Gasteiger partial charge in [0.15, 0.2) is 0 Å². The Labute approximate surface area is 178 Å². The Balaban J connectivity index is 1.80. The molecule has 31 heavy (non-hydrogen) atoms. The van der Waals surface area contributed by atoms with Gasteiger partial charge in [0.1, 0.15) is 11.6 Å². The largest absolute Gasteiger partial charge is 0.497 e. The van der Waals surface area contributed by atoms with E-state index in [2.05, 4.69) is 4.98 Å². The topological polar surface area (TPSA) is 62.4 Å². The van der Waals surface area contributed by atoms with Gasteiger partial charge in [-0.2, -0.15) is 0 Å². The second-order valence-electron chi connectivity index (χ2n) is 7.28. The van der Waals surface area contributed by atoms with Gasteiger partial charge in [0.05, 0.1) is 19.2 Å². The quantitative estimate of drug-likeness (QED) is 0.507. The molecule has 6 heteroatoms. The molecular weight excluding hydrogens is 395 g/mol. The summed E-state index contributed by atoms with van der Waals surface area (Å²) in [5.74, 6) is -0.526. The Hall–Kier alpha value is -3.93. The SMILES string of the molecule is COc1ccc(N(Cc2cc3cc(C)ccc3[nH]c2=O)C(=O)c2ccccc2F)cc1. The number of rotatable bonds is 5. The van der Waals surface area contributed by atoms with Gasteiger partial charge in [-0.05, 0) is 66.9 Å². The van der Waals surface area contributed by atoms with Gasteiger partial charge in [0, 0.05) is 16.8 Å². The number of H-pyrrole nitrogens is 1. The summed E-state index contributed by atoms with van der Waals surface area (Å²) >= 11 is 0. The first-order valence-corrected chi connectivity index (χ1v) is 9.79. The molecular formula is C25H21FN2O3. The number of nitrogens with zero attached hydrogens (tertiary/aromatic N) is 1. The van der Waals surface area contributed by atoms with Crippen LogP contribution in [-0.2, 0) is 6.54 Å². The van der Waals surface area contributed by atoms with E-state index in [0.29, 0.717) is 17.0 Å². The monoisotopic (exact) mass is 416 g/mol. The van der Waals surface area contributed by atoms with Crippen molar-refractivity contribution < 1.29 is 13.9 Å². The summed E-state index contributed by atoms with van der Waals surface area (Å²) in [6.45, 7) is 1.95. The van der Waals surface area contributed by atoms with E-state index in [1.54, 1.807) is 43.5 Å². The summed E-state index contributed by atoms with van der Waals surface area (Å²) in [7, 11) is 1.55. The van der Waals surface area contributed by atoms with Crippen LogP contribution in [-0.4, -0.2) is 18.0 Å². The molecule has 156 valence electrons. The number of hydrogen-bond acceptors (Lipinski definition) is 3. The average Bonchev–Trinajstić information content (AvgIpc) is 2.78. The Morgan fingerprint density at radius 3 is 2.48 bits per heavy atom. The van der Waals surface area contributed by atoms with Gasteiger partial charge in [-0.15, -0.1) is 0 Å². The van der Waals surface area contributed by atoms with Crippen molar-refractivity contribution in [3.63, 3.8) is 0 Å². The lowest BCUT2D eigenvalue weighted by atomic mass is 10.1. The first kappa shape index (κ1) is 20.3. The highest BCUT2D eigenvalue weighted by Crippen LogP contribution is 2.24. The molecule has 0 unspecified atom stereocenters. The number of benzene rings is 3. The van der Waals surface area contributed by atoms with Crippen molar-refractivity contribution in [2.24, 2.45) is 0 Å². The van der Waals surface area contributed by atoms with E-state index < -0.39 is 11.7 Å². The minimum atomic E-state index is -0.617. The van der Waals surface area contributed by atoms with Gasteiger partial charge in [0.25, 0.3) is 11.5 Å². The molecule has 0 spiro atoms. The van der Waals surface area contributed by atoms with Crippen LogP contribution in [0.5, 0.6) is 5.75 Å². The van der Waals surface area contributed by atoms with Crippen LogP contribution in [0.2, 0.25) is 0 Å². The van der Waals surface area contributed by atoms with Crippen LogP contribution < -0.4 is 15.2 Å². The fourth-order valence-electron chi connectivity index (χ4n) is 3.48. The first-order valence-electron chi connectivity index (χ1n) is 9.79. The molecule has 0 fully saturated rings. The van der Waals surface area contributed by atoms with Gasteiger partial charge in [-0.25, -0.2) is 4.39 Å². The Morgan fingerprint density at radius 1 is 1.03 bits per heavy atom. The molecule has 0 bridgehead atoms. The lowest BCUT2D eigenvalue weighted by Crippen LogP contribution is -2.33. The Morgan fingerprint density at radius 2 is 1.77 bits per heavy atom. The second-order valence-corrected chi connectivity index (χ2v) is 7.28. The summed E-state index contributed by atoms with van der Waals surface area (Å²) in [4.78, 5) is 30.3. The fourth-order valence-corrected chi connectivity index (χ4v) is 3.48. The molecule has 1 heterocycles. The summed E-state index contributed by atoms with van der Waals surface area (Å²) in [5, 5.41) is 0.864. The molecule has 4 rings (SSSR count). The van der Waals surface area contributed by atoms with Crippen molar-refractivity contribution in [3.05, 3.63) is 106 Å². The van der Waals surface area contributed by atoms with Crippen LogP contribution in [0.1, 0.15) is 21.5 Å². The predicted octanol–water partition coefficient (Wildman–Crippen LogP) is 4.83. The van der Waals surface area contributed by atoms with Crippen molar-refractivity contribution in [1.29, 1.82) is 0 Å². The maximum absolute atomic E-state index is 14.4. The minimum Gasteiger partial charge on any atom is -0.497 e. The molecule has 4 aromatic rings. The third-order valence-electron chi connectivity index (χ3n) is 5.14. The molecule has 0 atom stereocenters. The lowest BCUT2D eigenvalue weighted by Gasteiger charge is -2.23. The number of hydrogen-bond donors (Lipinski definition) is 1. The zero-order valence-corrected chi connectivity index (χ0v) is 17.2. The normalized spacial score (nSPS) is 10.8. The van der Waals surface area contributed by atoms with Crippen molar-refractivity contribution in [1.82, 2.24) is 4.98 Å². The van der Waals surface area contributed by atoms with E-state index in [9.17, 15) is 14.0 Å². The van der Waals surface area contributed by atoms with Crippen LogP contribution in [0, 0.1) is 12.7 Å². The zero-order chi connectivity index (χ0) is 22.0. The number of nitrogens with one attached hydrogen (secondary N) is 1. The number of aromatic amines is 1. The number of methoxy groups -OCH3 is 1. The van der Waals surface area contributed by atoms with Crippen molar-refractivity contribution >= 4 is 22.5 Å². The van der Waals surface area contributed by atoms with Gasteiger partial charge in [-0.1, -0.05) is 23.8 Å². The van der Waals surface area contributed by atoms with Gasteiger partial charge < -0.3 is 14.6 Å². The summed E-state index contributed by atoms with van der Waals surface area (Å²) in [6.07, 6.45) is 0. The number of ether oxygens (including phenoxy) is 1. The maximum atomic E-state index is 14.4. The molecule has 1 amide bonds. The molecule has 0 saturated heterocycles. The summed E-state index contributed by atoms with van der Waals surface area (Å²) in [5.41, 5.74) is 2.34. The Kier molecular flexibility index (Phi) is 5.54. The molecule has 0 radical (unpaired) electrons. The smallest absolute Gasteiger partial charge is 0.261 e. The van der Waals surface area contributed by atoms with Crippen LogP contribution in [0.15, 0.2) is 77.6 Å². The number of fused-ring (bicyclic) bond motifs is 1. The number of pyridine rings is 1. The number of anilines is 1. The first-order chi connectivity index (χ1) is 15.0. The minimum absolute atomic E-state index is 0.0152. The molecule has 5 nitrogen and oxygen atoms in total. The van der Waals surface area contributed by atoms with Crippen LogP contribution in [0.4, 0.5) is 10.1 Å². The zero-order valence-electron chi connectivity index (χ0n) is 17.2. The number of carbonyl (C=O) groups is 1. The standard InChI is InChI=1S/C25H21FN2O3/c1-16-7-12-23-17(13-16)14-18(24(29)27-23)15-28(19-8-10-20(31-2)11-9-19)25(30)21-5-3-4-6-22(21)26/h3-14H,15H2,1-2H3,(H,27,29). The average molecular weight is 416 g/mol. The number of aromatic nitrogens is 1. The van der Waals surface area contributed by atoms with Crippen molar-refractivity contribution in [2.45, 2.75) is 13.5 Å². The van der Waals surface area contributed by atoms with E-state index in [-0.39, 0.29) is 17.7 Å². The van der Waals surface area contributed by atoms with E-state index in [1.807, 2.05) is 25.1 Å². The number of aryl methyl sites for hydroxylation is 1. The van der Waals surface area contributed by atoms with Crippen molar-refractivity contribution in [2.75, 3.05) is 12.0 Å². The van der Waals surface area contributed by atoms with Crippen LogP contribution >= 0.6 is 0 Å². The van der Waals surface area contributed by atoms with E-state index in [4.69, 9.17) is 4.74 Å². The molecule has 0 aliphatic rings. The van der Waals surface area contributed by atoms with E-state index in [1.165, 1.54) is 23.1 Å². The third-order valence-corrected chi connectivity index (χ3v) is 5.14. The second kappa shape index (κ2) is 8.44. The highest BCUT2D eigenvalue weighted by Gasteiger charge is 2.22. The highest BCUT2D eigenvalue weighted by atomic mass is 19.1. The Bertz CT molecular complexity index is 1310. The van der Waals surface area contributed by atoms with E-state index >= 15 is 0 Å². The van der Waals surface area contributed by atoms with Crippen LogP contribution in [0.3, 0.4) is 0 Å². The van der Waals surface area contributed by atoms with Crippen LogP contribution in [0.25, 0.3) is 10.9 Å². The number of carbonyl (C=O) groups excluding carboxylic acids is 1. The predicted molar refractivity (Wildman–Crippen MR) is 119 cm³/mol. The molecule has 3 aromatic carbocycles. The molecule has 0 aliphatic heterocycles. The summed E-state index contributed by atoms with van der Waals surface area (Å²) < 4.78 is 19.6. The molecule has 0 saturated carbocycles. The summed E-state index contributed by atoms with van der Waals surface area (Å²) in [6, 6.07) is 20.1. The number of amides is 1. The molecule has 1 N–H and O–H groups in total. The maximum Gasteiger partial charge on any atom is 0.261 e. The van der Waals surface area contributed by atoms with Crippen molar-refractivity contribution in [3.8, 4) is 5.75 Å². The third kappa shape index (κ3) is 4.19. The highest BCUT2D eigenvalue weighted by molar-refractivity contribution is 6.06. The molecule has 1 aromatic heterocycles.